The van der Waals surface area contributed by atoms with Gasteiger partial charge in [-0.25, -0.2) is 13.2 Å². The molecule has 1 saturated heterocycles. The topological polar surface area (TPSA) is 134 Å². The van der Waals surface area contributed by atoms with Crippen molar-refractivity contribution >= 4 is 21.9 Å². The largest absolute Gasteiger partial charge is 0.497 e. The summed E-state index contributed by atoms with van der Waals surface area (Å²) in [5.74, 6) is 0.498. The number of hydrogen-bond donors (Lipinski definition) is 2. The van der Waals surface area contributed by atoms with Crippen LogP contribution >= 0.6 is 0 Å². The van der Waals surface area contributed by atoms with E-state index in [1.165, 1.54) is 35.4 Å². The number of aliphatic hydroxyl groups excluding tert-OH is 1. The Balaban J connectivity index is 2.00. The van der Waals surface area contributed by atoms with Crippen LogP contribution in [0.25, 0.3) is 0 Å². The number of methoxy groups -OCH3 is 1. The summed E-state index contributed by atoms with van der Waals surface area (Å²) in [6.45, 7) is 5.53. The Morgan fingerprint density at radius 1 is 1.12 bits per heavy atom. The van der Waals surface area contributed by atoms with Gasteiger partial charge in [-0.15, -0.1) is 0 Å². The van der Waals surface area contributed by atoms with Gasteiger partial charge in [0.1, 0.15) is 11.5 Å². The lowest BCUT2D eigenvalue weighted by Gasteiger charge is -2.39. The van der Waals surface area contributed by atoms with Crippen LogP contribution in [-0.4, -0.2) is 91.3 Å². The van der Waals surface area contributed by atoms with Gasteiger partial charge in [-0.2, -0.15) is 4.31 Å². The molecule has 0 bridgehead atoms. The van der Waals surface area contributed by atoms with Crippen LogP contribution in [0.5, 0.6) is 5.75 Å². The Hall–Kier alpha value is -2.99. The highest BCUT2D eigenvalue weighted by molar-refractivity contribution is 7.89. The van der Waals surface area contributed by atoms with Crippen molar-refractivity contribution in [1.82, 2.24) is 9.21 Å². The number of hydrogen-bond acceptors (Lipinski definition) is 7. The quantitative estimate of drug-likeness (QED) is 0.320. The Morgan fingerprint density at radius 2 is 1.78 bits per heavy atom. The summed E-state index contributed by atoms with van der Waals surface area (Å²) in [5, 5.41) is 21.9. The molecule has 2 N–H and O–H groups in total. The van der Waals surface area contributed by atoms with Crippen molar-refractivity contribution in [1.29, 1.82) is 0 Å². The molecule has 2 aromatic rings. The third-order valence-electron chi connectivity index (χ3n) is 7.46. The zero-order chi connectivity index (χ0) is 30.2. The number of amides is 1. The minimum absolute atomic E-state index is 0.00137. The predicted molar refractivity (Wildman–Crippen MR) is 154 cm³/mol. The number of carboxylic acid groups (broad SMARTS) is 1. The molecule has 11 heteroatoms. The molecule has 1 aliphatic rings. The fourth-order valence-corrected chi connectivity index (χ4v) is 6.78. The molecule has 10 nitrogen and oxygen atoms in total. The Labute approximate surface area is 242 Å². The zero-order valence-corrected chi connectivity index (χ0v) is 25.0. The maximum absolute atomic E-state index is 14.0. The lowest BCUT2D eigenvalue weighted by atomic mass is 9.87. The highest BCUT2D eigenvalue weighted by atomic mass is 32.2. The minimum Gasteiger partial charge on any atom is -0.497 e. The van der Waals surface area contributed by atoms with Crippen molar-refractivity contribution in [3.05, 3.63) is 60.2 Å². The second-order valence-corrected chi connectivity index (χ2v) is 13.3. The van der Waals surface area contributed by atoms with Gasteiger partial charge in [0.15, 0.2) is 0 Å². The molecule has 1 aliphatic heterocycles. The summed E-state index contributed by atoms with van der Waals surface area (Å²) in [4.78, 5) is 25.5. The summed E-state index contributed by atoms with van der Waals surface area (Å²) >= 11 is 0. The Bertz CT molecular complexity index is 1250. The summed E-state index contributed by atoms with van der Waals surface area (Å²) in [6.07, 6.45) is -1.15. The van der Waals surface area contributed by atoms with Crippen LogP contribution < -0.4 is 4.74 Å². The van der Waals surface area contributed by atoms with Gasteiger partial charge < -0.3 is 24.5 Å². The first-order chi connectivity index (χ1) is 19.3. The first-order valence-electron chi connectivity index (χ1n) is 13.8. The lowest BCUT2D eigenvalue weighted by molar-refractivity contribution is -0.117. The van der Waals surface area contributed by atoms with Crippen LogP contribution in [0.2, 0.25) is 0 Å². The molecule has 226 valence electrons. The highest BCUT2D eigenvalue weighted by Gasteiger charge is 2.40. The van der Waals surface area contributed by atoms with E-state index in [0.717, 1.165) is 5.56 Å². The van der Waals surface area contributed by atoms with Crippen molar-refractivity contribution in [3.8, 4) is 5.75 Å². The van der Waals surface area contributed by atoms with Gasteiger partial charge >= 0.3 is 6.09 Å². The number of aliphatic hydroxyl groups is 1. The van der Waals surface area contributed by atoms with Crippen LogP contribution in [-0.2, 0) is 26.0 Å². The number of carbonyl (C=O) groups excluding carboxylic acids is 1. The molecule has 41 heavy (non-hydrogen) atoms. The zero-order valence-electron chi connectivity index (χ0n) is 24.2. The van der Waals surface area contributed by atoms with E-state index >= 15 is 0 Å². The molecule has 2 aromatic carbocycles. The van der Waals surface area contributed by atoms with Crippen LogP contribution in [0.4, 0.5) is 4.79 Å². The lowest BCUT2D eigenvalue weighted by Crippen LogP contribution is -2.56. The van der Waals surface area contributed by atoms with Crippen LogP contribution in [0.3, 0.4) is 0 Å². The van der Waals surface area contributed by atoms with Gasteiger partial charge in [0.25, 0.3) is 0 Å². The minimum atomic E-state index is -4.12. The third-order valence-corrected chi connectivity index (χ3v) is 9.28. The van der Waals surface area contributed by atoms with E-state index < -0.39 is 39.7 Å². The standard InChI is InChI=1S/C30H42N2O8S/c1-22(33)14-16-30(2,3)21-31(41(37,38)26-12-10-25(39-4)11-13-26)19-28(34)27(18-23-8-6-5-7-9-23)32(29(35)36)24-15-17-40-20-24/h5-13,24,27-28,34H,14-21H2,1-4H3,(H,35,36)/t24-,27-,28-/m0/s1. The number of nitrogens with zero attached hydrogens (tertiary/aromatic N) is 2. The van der Waals surface area contributed by atoms with Gasteiger partial charge in [-0.1, -0.05) is 44.2 Å². The normalized spacial score (nSPS) is 17.3. The number of benzene rings is 2. The SMILES string of the molecule is COc1ccc(S(=O)(=O)N(C[C@H](O)[C@H](Cc2ccccc2)N(C(=O)O)[C@H]2CCOC2)CC(C)(C)CCC(C)=O)cc1. The molecule has 3 atom stereocenters. The van der Waals surface area contributed by atoms with E-state index in [2.05, 4.69) is 0 Å². The predicted octanol–water partition coefficient (Wildman–Crippen LogP) is 3.82. The number of sulfonamides is 1. The molecule has 1 fully saturated rings. The van der Waals surface area contributed by atoms with Gasteiger partial charge in [-0.05, 0) is 61.4 Å². The molecule has 0 aromatic heterocycles. The molecule has 0 spiro atoms. The first-order valence-corrected chi connectivity index (χ1v) is 15.2. The summed E-state index contributed by atoms with van der Waals surface area (Å²) < 4.78 is 39.8. The molecule has 0 radical (unpaired) electrons. The molecule has 1 heterocycles. The fourth-order valence-electron chi connectivity index (χ4n) is 5.13. The fraction of sp³-hybridized carbons (Fsp3) is 0.533. The van der Waals surface area contributed by atoms with Gasteiger partial charge in [0.05, 0.1) is 36.8 Å². The van der Waals surface area contributed by atoms with Crippen LogP contribution in [0.15, 0.2) is 59.5 Å². The summed E-state index contributed by atoms with van der Waals surface area (Å²) in [6, 6.07) is 13.8. The van der Waals surface area contributed by atoms with E-state index in [9.17, 15) is 28.2 Å². The second-order valence-electron chi connectivity index (χ2n) is 11.4. The van der Waals surface area contributed by atoms with Crippen molar-refractivity contribution in [2.24, 2.45) is 5.41 Å². The monoisotopic (exact) mass is 590 g/mol. The number of rotatable bonds is 15. The molecule has 1 amide bonds. The van der Waals surface area contributed by atoms with E-state index in [0.29, 0.717) is 25.2 Å². The second kappa shape index (κ2) is 14.3. The molecular formula is C30H42N2O8S. The highest BCUT2D eigenvalue weighted by Crippen LogP contribution is 2.30. The average Bonchev–Trinajstić information content (AvgIpc) is 3.46. The van der Waals surface area contributed by atoms with Crippen LogP contribution in [0.1, 0.15) is 45.6 Å². The molecule has 3 rings (SSSR count). The number of ketones is 1. The maximum atomic E-state index is 14.0. The third kappa shape index (κ3) is 9.00. The van der Waals surface area contributed by atoms with Crippen LogP contribution in [0, 0.1) is 5.41 Å². The van der Waals surface area contributed by atoms with E-state index in [-0.39, 0.29) is 43.2 Å². The Morgan fingerprint density at radius 3 is 2.32 bits per heavy atom. The van der Waals surface area contributed by atoms with Crippen molar-refractivity contribution < 1.29 is 37.7 Å². The van der Waals surface area contributed by atoms with Crippen molar-refractivity contribution in [2.45, 2.75) is 69.5 Å². The number of carbonyl (C=O) groups is 2. The Kier molecular flexibility index (Phi) is 11.3. The number of ether oxygens (including phenoxy) is 2. The van der Waals surface area contributed by atoms with Gasteiger partial charge in [0, 0.05) is 26.1 Å². The summed E-state index contributed by atoms with van der Waals surface area (Å²) in [7, 11) is -2.64. The average molecular weight is 591 g/mol. The molecular weight excluding hydrogens is 548 g/mol. The van der Waals surface area contributed by atoms with Crippen molar-refractivity contribution in [3.63, 3.8) is 0 Å². The molecule has 0 saturated carbocycles. The number of Topliss-reactive ketones (excluding diaryl/α,β-unsaturated/α-hetero) is 1. The van der Waals surface area contributed by atoms with E-state index in [1.807, 2.05) is 44.2 Å². The van der Waals surface area contributed by atoms with E-state index in [4.69, 9.17) is 9.47 Å². The van der Waals surface area contributed by atoms with Gasteiger partial charge in [0.2, 0.25) is 10.0 Å². The van der Waals surface area contributed by atoms with Gasteiger partial charge in [-0.3, -0.25) is 4.90 Å². The van der Waals surface area contributed by atoms with E-state index in [1.54, 1.807) is 12.1 Å². The first kappa shape index (κ1) is 32.5. The molecule has 0 unspecified atom stereocenters. The summed E-state index contributed by atoms with van der Waals surface area (Å²) in [5.41, 5.74) is 0.208. The smallest absolute Gasteiger partial charge is 0.407 e. The molecule has 0 aliphatic carbocycles. The van der Waals surface area contributed by atoms with Crippen molar-refractivity contribution in [2.75, 3.05) is 33.4 Å². The maximum Gasteiger partial charge on any atom is 0.407 e.